The lowest BCUT2D eigenvalue weighted by Crippen LogP contribution is -2.30. The minimum atomic E-state index is -3.94. The van der Waals surface area contributed by atoms with Crippen LogP contribution in [0, 0.1) is 11.8 Å². The molecule has 8 nitrogen and oxygen atoms in total. The Labute approximate surface area is 145 Å². The maximum absolute atomic E-state index is 12.6. The zero-order chi connectivity index (χ0) is 18.5. The van der Waals surface area contributed by atoms with E-state index in [4.69, 9.17) is 0 Å². The summed E-state index contributed by atoms with van der Waals surface area (Å²) in [6.45, 7) is 3.71. The third-order valence-electron chi connectivity index (χ3n) is 4.76. The van der Waals surface area contributed by atoms with Crippen LogP contribution in [0.15, 0.2) is 23.1 Å². The van der Waals surface area contributed by atoms with Gasteiger partial charge in [-0.3, -0.25) is 14.4 Å². The predicted octanol–water partition coefficient (Wildman–Crippen LogP) is 0.644. The lowest BCUT2D eigenvalue weighted by atomic mass is 9.99. The second-order valence-electron chi connectivity index (χ2n) is 6.32. The fourth-order valence-electron chi connectivity index (χ4n) is 3.36. The van der Waals surface area contributed by atoms with E-state index in [1.165, 1.54) is 23.1 Å². The molecule has 0 saturated carbocycles. The summed E-state index contributed by atoms with van der Waals surface area (Å²) in [5, 5.41) is 9.17. The van der Waals surface area contributed by atoms with Gasteiger partial charge in [0.2, 0.25) is 0 Å². The van der Waals surface area contributed by atoms with Crippen LogP contribution in [0.3, 0.4) is 0 Å². The molecule has 1 aromatic rings. The lowest BCUT2D eigenvalue weighted by molar-refractivity contribution is -0.142. The highest BCUT2D eigenvalue weighted by Crippen LogP contribution is 2.32. The molecule has 0 aromatic heterocycles. The van der Waals surface area contributed by atoms with Crippen LogP contribution < -0.4 is 0 Å². The van der Waals surface area contributed by atoms with Crippen molar-refractivity contribution in [2.24, 2.45) is 11.8 Å². The average Bonchev–Trinajstić information content (AvgIpc) is 3.03. The molecule has 134 valence electrons. The molecule has 0 aliphatic carbocycles. The number of hydrogen-bond donors (Lipinski definition) is 1. The van der Waals surface area contributed by atoms with Crippen molar-refractivity contribution in [3.8, 4) is 0 Å². The van der Waals surface area contributed by atoms with Gasteiger partial charge in [0, 0.05) is 25.2 Å². The van der Waals surface area contributed by atoms with Crippen LogP contribution in [-0.2, 0) is 14.8 Å². The van der Waals surface area contributed by atoms with Gasteiger partial charge in [-0.15, -0.1) is 0 Å². The van der Waals surface area contributed by atoms with Gasteiger partial charge in [-0.1, -0.05) is 6.92 Å². The van der Waals surface area contributed by atoms with Gasteiger partial charge in [-0.25, -0.2) is 12.7 Å². The number of fused-ring (bicyclic) bond motifs is 1. The first-order valence-electron chi connectivity index (χ1n) is 7.91. The standard InChI is InChI=1S/C16H18N2O6S/c1-3-18-15(20)11-5-4-10(6-13(11)25(18,23)24)14(19)17-7-9(2)12(8-17)16(21)22/h4-6,9,12H,3,7-8H2,1-2H3,(H,21,22)/t9-,12-/m1/s1. The first kappa shape index (κ1) is 17.4. The Morgan fingerprint density at radius 1 is 1.28 bits per heavy atom. The molecule has 0 bridgehead atoms. The molecule has 0 unspecified atom stereocenters. The molecule has 1 fully saturated rings. The summed E-state index contributed by atoms with van der Waals surface area (Å²) in [4.78, 5) is 37.2. The fraction of sp³-hybridized carbons (Fsp3) is 0.438. The molecule has 1 N–H and O–H groups in total. The molecular weight excluding hydrogens is 348 g/mol. The van der Waals surface area contributed by atoms with Crippen LogP contribution in [-0.4, -0.2) is 60.1 Å². The van der Waals surface area contributed by atoms with Crippen molar-refractivity contribution in [1.82, 2.24) is 9.21 Å². The van der Waals surface area contributed by atoms with Crippen LogP contribution in [0.5, 0.6) is 0 Å². The maximum atomic E-state index is 12.6. The number of aliphatic carboxylic acids is 1. The van der Waals surface area contributed by atoms with E-state index in [1.807, 2.05) is 0 Å². The van der Waals surface area contributed by atoms with E-state index >= 15 is 0 Å². The Balaban J connectivity index is 1.93. The van der Waals surface area contributed by atoms with Gasteiger partial charge >= 0.3 is 5.97 Å². The molecule has 9 heteroatoms. The second kappa shape index (κ2) is 5.83. The molecule has 25 heavy (non-hydrogen) atoms. The van der Waals surface area contributed by atoms with Gasteiger partial charge < -0.3 is 10.0 Å². The minimum absolute atomic E-state index is 0.0169. The number of amides is 2. The van der Waals surface area contributed by atoms with Crippen LogP contribution >= 0.6 is 0 Å². The van der Waals surface area contributed by atoms with Gasteiger partial charge in [0.25, 0.3) is 21.8 Å². The largest absolute Gasteiger partial charge is 0.481 e. The normalized spacial score (nSPS) is 24.5. The zero-order valence-electron chi connectivity index (χ0n) is 13.8. The van der Waals surface area contributed by atoms with Gasteiger partial charge in [0.05, 0.1) is 11.5 Å². The van der Waals surface area contributed by atoms with Crippen LogP contribution in [0.1, 0.15) is 34.6 Å². The van der Waals surface area contributed by atoms with Crippen LogP contribution in [0.2, 0.25) is 0 Å². The Morgan fingerprint density at radius 2 is 1.96 bits per heavy atom. The molecule has 2 heterocycles. The Kier molecular flexibility index (Phi) is 4.06. The van der Waals surface area contributed by atoms with Crippen molar-refractivity contribution in [3.63, 3.8) is 0 Å². The number of benzene rings is 1. The number of nitrogens with zero attached hydrogens (tertiary/aromatic N) is 2. The molecule has 0 spiro atoms. The van der Waals surface area contributed by atoms with E-state index in [0.29, 0.717) is 6.54 Å². The van der Waals surface area contributed by atoms with E-state index in [0.717, 1.165) is 4.31 Å². The monoisotopic (exact) mass is 366 g/mol. The number of rotatable bonds is 3. The van der Waals surface area contributed by atoms with Crippen LogP contribution in [0.25, 0.3) is 0 Å². The number of carbonyl (C=O) groups excluding carboxylic acids is 2. The van der Waals surface area contributed by atoms with Crippen LogP contribution in [0.4, 0.5) is 0 Å². The number of carboxylic acids is 1. The SMILES string of the molecule is CCN1C(=O)c2ccc(C(=O)N3C[C@@H](C)[C@H](C(=O)O)C3)cc2S1(=O)=O. The van der Waals surface area contributed by atoms with Gasteiger partial charge in [0.15, 0.2) is 0 Å². The molecule has 2 atom stereocenters. The second-order valence-corrected chi connectivity index (χ2v) is 8.15. The van der Waals surface area contributed by atoms with Crippen molar-refractivity contribution in [2.75, 3.05) is 19.6 Å². The van der Waals surface area contributed by atoms with Crippen molar-refractivity contribution < 1.29 is 27.9 Å². The van der Waals surface area contributed by atoms with Gasteiger partial charge in [-0.05, 0) is 31.0 Å². The molecule has 2 aliphatic heterocycles. The zero-order valence-corrected chi connectivity index (χ0v) is 14.6. The van der Waals surface area contributed by atoms with E-state index in [2.05, 4.69) is 0 Å². The van der Waals surface area contributed by atoms with Crippen molar-refractivity contribution in [1.29, 1.82) is 0 Å². The topological polar surface area (TPSA) is 112 Å². The van der Waals surface area contributed by atoms with E-state index < -0.39 is 33.7 Å². The minimum Gasteiger partial charge on any atom is -0.481 e. The summed E-state index contributed by atoms with van der Waals surface area (Å²) in [7, 11) is -3.94. The smallest absolute Gasteiger partial charge is 0.308 e. The highest BCUT2D eigenvalue weighted by Gasteiger charge is 2.42. The highest BCUT2D eigenvalue weighted by atomic mass is 32.2. The third-order valence-corrected chi connectivity index (χ3v) is 6.66. The summed E-state index contributed by atoms with van der Waals surface area (Å²) in [6, 6.07) is 3.96. The number of sulfonamides is 1. The quantitative estimate of drug-likeness (QED) is 0.840. The molecule has 1 saturated heterocycles. The molecular formula is C16H18N2O6S. The van der Waals surface area contributed by atoms with Crippen molar-refractivity contribution in [2.45, 2.75) is 18.7 Å². The number of likely N-dealkylation sites (tertiary alicyclic amines) is 1. The number of carboxylic acid groups (broad SMARTS) is 1. The Morgan fingerprint density at radius 3 is 2.52 bits per heavy atom. The van der Waals surface area contributed by atoms with E-state index in [1.54, 1.807) is 13.8 Å². The lowest BCUT2D eigenvalue weighted by Gasteiger charge is -2.16. The van der Waals surface area contributed by atoms with E-state index in [-0.39, 0.29) is 35.0 Å². The molecule has 2 aliphatic rings. The maximum Gasteiger partial charge on any atom is 0.308 e. The average molecular weight is 366 g/mol. The summed E-state index contributed by atoms with van der Waals surface area (Å²) >= 11 is 0. The van der Waals surface area contributed by atoms with Crippen molar-refractivity contribution in [3.05, 3.63) is 29.3 Å². The summed E-state index contributed by atoms with van der Waals surface area (Å²) in [5.74, 6) is -2.81. The number of carbonyl (C=O) groups is 3. The first-order valence-corrected chi connectivity index (χ1v) is 9.35. The Hall–Kier alpha value is -2.42. The van der Waals surface area contributed by atoms with Gasteiger partial charge in [-0.2, -0.15) is 0 Å². The first-order chi connectivity index (χ1) is 11.7. The fourth-order valence-corrected chi connectivity index (χ4v) is 4.96. The van der Waals surface area contributed by atoms with Gasteiger partial charge in [0.1, 0.15) is 4.90 Å². The number of hydrogen-bond acceptors (Lipinski definition) is 5. The summed E-state index contributed by atoms with van der Waals surface area (Å²) in [5.41, 5.74) is 0.183. The molecule has 0 radical (unpaired) electrons. The highest BCUT2D eigenvalue weighted by molar-refractivity contribution is 7.90. The Bertz CT molecular complexity index is 879. The van der Waals surface area contributed by atoms with E-state index in [9.17, 15) is 27.9 Å². The molecule has 3 rings (SSSR count). The predicted molar refractivity (Wildman–Crippen MR) is 86.5 cm³/mol. The molecule has 2 amide bonds. The van der Waals surface area contributed by atoms with Crippen molar-refractivity contribution >= 4 is 27.8 Å². The third kappa shape index (κ3) is 2.58. The summed E-state index contributed by atoms with van der Waals surface area (Å²) < 4.78 is 25.6. The summed E-state index contributed by atoms with van der Waals surface area (Å²) in [6.07, 6.45) is 0. The molecule has 1 aromatic carbocycles.